The molecule has 0 aromatic heterocycles. The Hall–Kier alpha value is -2.84. The first-order chi connectivity index (χ1) is 13.5. The Morgan fingerprint density at radius 2 is 1.93 bits per heavy atom. The van der Waals surface area contributed by atoms with Gasteiger partial charge in [0.15, 0.2) is 10.9 Å². The van der Waals surface area contributed by atoms with Crippen LogP contribution in [0.25, 0.3) is 0 Å². The van der Waals surface area contributed by atoms with Crippen molar-refractivity contribution < 1.29 is 14.7 Å². The molecule has 9 heteroatoms. The Labute approximate surface area is 170 Å². The zero-order chi connectivity index (χ0) is 19.8. The molecule has 4 rings (SSSR count). The van der Waals surface area contributed by atoms with Crippen LogP contribution >= 0.6 is 23.4 Å². The van der Waals surface area contributed by atoms with Crippen molar-refractivity contribution in [2.45, 2.75) is 18.6 Å². The average Bonchev–Trinajstić information content (AvgIpc) is 3.16. The number of nitrogens with zero attached hydrogens (tertiary/aromatic N) is 3. The molecule has 142 valence electrons. The molecule has 28 heavy (non-hydrogen) atoms. The highest BCUT2D eigenvalue weighted by Crippen LogP contribution is 2.34. The molecular formula is C19H15ClN4O3S. The van der Waals surface area contributed by atoms with E-state index in [1.165, 1.54) is 28.8 Å². The lowest BCUT2D eigenvalue weighted by Gasteiger charge is -2.15. The maximum atomic E-state index is 12.8. The van der Waals surface area contributed by atoms with Gasteiger partial charge in [0.1, 0.15) is 5.75 Å². The molecule has 2 heterocycles. The highest BCUT2D eigenvalue weighted by Gasteiger charge is 2.38. The Kier molecular flexibility index (Phi) is 4.82. The molecular weight excluding hydrogens is 400 g/mol. The first-order valence-electron chi connectivity index (χ1n) is 8.54. The normalized spacial score (nSPS) is 21.5. The summed E-state index contributed by atoms with van der Waals surface area (Å²) in [7, 11) is 0. The summed E-state index contributed by atoms with van der Waals surface area (Å²) >= 11 is 7.32. The van der Waals surface area contributed by atoms with Crippen LogP contribution in [0.4, 0.5) is 11.4 Å². The van der Waals surface area contributed by atoms with Gasteiger partial charge >= 0.3 is 0 Å². The van der Waals surface area contributed by atoms with Crippen molar-refractivity contribution >= 4 is 57.4 Å². The predicted molar refractivity (Wildman–Crippen MR) is 111 cm³/mol. The van der Waals surface area contributed by atoms with Crippen LogP contribution in [0.3, 0.4) is 0 Å². The summed E-state index contributed by atoms with van der Waals surface area (Å²) in [5.41, 5.74) is 1.90. The summed E-state index contributed by atoms with van der Waals surface area (Å²) in [4.78, 5) is 26.5. The molecule has 1 atom stereocenters. The molecule has 2 aromatic carbocycles. The van der Waals surface area contributed by atoms with Crippen molar-refractivity contribution in [1.29, 1.82) is 0 Å². The van der Waals surface area contributed by atoms with Crippen molar-refractivity contribution in [3.05, 3.63) is 53.1 Å². The lowest BCUT2D eigenvalue weighted by Crippen LogP contribution is -2.31. The number of aromatic hydroxyl groups is 1. The first-order valence-corrected chi connectivity index (χ1v) is 9.80. The number of carbonyl (C=O) groups is 2. The van der Waals surface area contributed by atoms with Crippen molar-refractivity contribution in [2.24, 2.45) is 10.2 Å². The molecule has 0 bridgehead atoms. The third-order valence-electron chi connectivity index (χ3n) is 4.35. The SMILES string of the molecule is CCC1S/C(=N\N=C2/C(=O)Nc3ccc(Cl)cc32)N(c2ccc(O)cc2)C1=O. The van der Waals surface area contributed by atoms with E-state index < -0.39 is 0 Å². The van der Waals surface area contributed by atoms with Crippen LogP contribution in [0.5, 0.6) is 5.75 Å². The molecule has 0 saturated carbocycles. The van der Waals surface area contributed by atoms with Gasteiger partial charge < -0.3 is 10.4 Å². The van der Waals surface area contributed by atoms with Crippen LogP contribution in [0.15, 0.2) is 52.7 Å². The number of rotatable bonds is 3. The predicted octanol–water partition coefficient (Wildman–Crippen LogP) is 3.62. The van der Waals surface area contributed by atoms with E-state index in [2.05, 4.69) is 15.5 Å². The zero-order valence-corrected chi connectivity index (χ0v) is 16.3. The number of fused-ring (bicyclic) bond motifs is 1. The summed E-state index contributed by atoms with van der Waals surface area (Å²) in [6, 6.07) is 11.3. The molecule has 0 spiro atoms. The molecule has 2 amide bonds. The number of amidine groups is 1. The molecule has 2 aliphatic rings. The fourth-order valence-electron chi connectivity index (χ4n) is 2.95. The molecule has 1 fully saturated rings. The van der Waals surface area contributed by atoms with Crippen LogP contribution in [-0.2, 0) is 9.59 Å². The van der Waals surface area contributed by atoms with E-state index in [0.717, 1.165) is 0 Å². The number of hydrogen-bond donors (Lipinski definition) is 2. The lowest BCUT2D eigenvalue weighted by atomic mass is 10.1. The average molecular weight is 415 g/mol. The smallest absolute Gasteiger partial charge is 0.276 e. The number of thioether (sulfide) groups is 1. The highest BCUT2D eigenvalue weighted by atomic mass is 35.5. The van der Waals surface area contributed by atoms with E-state index in [-0.39, 0.29) is 28.5 Å². The molecule has 2 aromatic rings. The van der Waals surface area contributed by atoms with Crippen LogP contribution in [0.1, 0.15) is 18.9 Å². The monoisotopic (exact) mass is 414 g/mol. The summed E-state index contributed by atoms with van der Waals surface area (Å²) in [5, 5.41) is 21.1. The Balaban J connectivity index is 1.74. The topological polar surface area (TPSA) is 94.4 Å². The molecule has 2 aliphatic heterocycles. The molecule has 2 N–H and O–H groups in total. The van der Waals surface area contributed by atoms with E-state index in [1.807, 2.05) is 6.92 Å². The second-order valence-electron chi connectivity index (χ2n) is 6.18. The van der Waals surface area contributed by atoms with E-state index in [0.29, 0.717) is 33.5 Å². The Bertz CT molecular complexity index is 1040. The van der Waals surface area contributed by atoms with Gasteiger partial charge in [-0.2, -0.15) is 0 Å². The van der Waals surface area contributed by atoms with Crippen LogP contribution in [0, 0.1) is 0 Å². The minimum absolute atomic E-state index is 0.102. The van der Waals surface area contributed by atoms with Gasteiger partial charge in [-0.15, -0.1) is 10.2 Å². The number of anilines is 2. The third-order valence-corrected chi connectivity index (χ3v) is 5.88. The third kappa shape index (κ3) is 3.25. The number of phenolic OH excluding ortho intramolecular Hbond substituents is 1. The van der Waals surface area contributed by atoms with E-state index in [4.69, 9.17) is 11.6 Å². The minimum Gasteiger partial charge on any atom is -0.508 e. The summed E-state index contributed by atoms with van der Waals surface area (Å²) in [6.45, 7) is 1.92. The van der Waals surface area contributed by atoms with Crippen LogP contribution in [0.2, 0.25) is 5.02 Å². The summed E-state index contributed by atoms with van der Waals surface area (Å²) in [5.74, 6) is -0.388. The maximum absolute atomic E-state index is 12.8. The van der Waals surface area contributed by atoms with Gasteiger partial charge in [0.05, 0.1) is 16.6 Å². The number of halogens is 1. The first kappa shape index (κ1) is 18.5. The molecule has 0 aliphatic carbocycles. The largest absolute Gasteiger partial charge is 0.508 e. The van der Waals surface area contributed by atoms with E-state index in [9.17, 15) is 14.7 Å². The van der Waals surface area contributed by atoms with Crippen molar-refractivity contribution in [1.82, 2.24) is 0 Å². The number of benzene rings is 2. The Morgan fingerprint density at radius 3 is 2.64 bits per heavy atom. The van der Waals surface area contributed by atoms with Crippen molar-refractivity contribution in [3.8, 4) is 5.75 Å². The highest BCUT2D eigenvalue weighted by molar-refractivity contribution is 8.16. The van der Waals surface area contributed by atoms with Gasteiger partial charge in [0.2, 0.25) is 5.91 Å². The van der Waals surface area contributed by atoms with Gasteiger partial charge in [-0.3, -0.25) is 14.5 Å². The van der Waals surface area contributed by atoms with Gasteiger partial charge in [-0.1, -0.05) is 30.3 Å². The molecule has 0 radical (unpaired) electrons. The van der Waals surface area contributed by atoms with Gasteiger partial charge in [-0.05, 0) is 48.9 Å². The van der Waals surface area contributed by atoms with Crippen LogP contribution in [-0.4, -0.2) is 33.1 Å². The molecule has 1 saturated heterocycles. The number of nitrogens with one attached hydrogen (secondary N) is 1. The fourth-order valence-corrected chi connectivity index (χ4v) is 4.14. The quantitative estimate of drug-likeness (QED) is 0.750. The summed E-state index contributed by atoms with van der Waals surface area (Å²) in [6.07, 6.45) is 0.632. The fraction of sp³-hybridized carbons (Fsp3) is 0.158. The number of carbonyl (C=O) groups excluding carboxylic acids is 2. The number of hydrogen-bond acceptors (Lipinski definition) is 6. The zero-order valence-electron chi connectivity index (χ0n) is 14.7. The Morgan fingerprint density at radius 1 is 1.18 bits per heavy atom. The molecule has 1 unspecified atom stereocenters. The second kappa shape index (κ2) is 7.29. The number of amides is 2. The van der Waals surface area contributed by atoms with Gasteiger partial charge in [0.25, 0.3) is 5.91 Å². The van der Waals surface area contributed by atoms with Crippen LogP contribution < -0.4 is 10.2 Å². The standard InChI is InChI=1S/C19H15ClN4O3S/c1-2-15-18(27)24(11-4-6-12(25)7-5-11)19(28-15)23-22-16-13-9-10(20)3-8-14(13)21-17(16)26/h3-9,15,25H,2H2,1H3,(H,21,22,26)/b23-19-. The van der Waals surface area contributed by atoms with E-state index >= 15 is 0 Å². The van der Waals surface area contributed by atoms with Gasteiger partial charge in [-0.25, -0.2) is 0 Å². The van der Waals surface area contributed by atoms with Gasteiger partial charge in [0, 0.05) is 10.6 Å². The lowest BCUT2D eigenvalue weighted by molar-refractivity contribution is -0.117. The maximum Gasteiger partial charge on any atom is 0.276 e. The minimum atomic E-state index is -0.376. The van der Waals surface area contributed by atoms with E-state index in [1.54, 1.807) is 30.3 Å². The van der Waals surface area contributed by atoms with Crippen molar-refractivity contribution in [3.63, 3.8) is 0 Å². The van der Waals surface area contributed by atoms with Crippen molar-refractivity contribution in [2.75, 3.05) is 10.2 Å². The number of phenols is 1. The molecule has 7 nitrogen and oxygen atoms in total. The second-order valence-corrected chi connectivity index (χ2v) is 7.79. The summed E-state index contributed by atoms with van der Waals surface area (Å²) < 4.78 is 0.